The van der Waals surface area contributed by atoms with Crippen molar-refractivity contribution in [1.29, 1.82) is 0 Å². The molecule has 0 spiro atoms. The van der Waals surface area contributed by atoms with Crippen molar-refractivity contribution < 1.29 is 14.3 Å². The van der Waals surface area contributed by atoms with Crippen molar-refractivity contribution in [2.24, 2.45) is 5.10 Å². The van der Waals surface area contributed by atoms with E-state index < -0.39 is 0 Å². The van der Waals surface area contributed by atoms with Gasteiger partial charge in [-0.05, 0) is 79.9 Å². The molecule has 0 saturated heterocycles. The highest BCUT2D eigenvalue weighted by atomic mass is 79.9. The first-order valence-corrected chi connectivity index (χ1v) is 11.4. The molecule has 0 aliphatic heterocycles. The maximum Gasteiger partial charge on any atom is 0.282 e. The van der Waals surface area contributed by atoms with Gasteiger partial charge in [0.25, 0.3) is 5.56 Å². The Kier molecular flexibility index (Phi) is 5.51. The fourth-order valence-electron chi connectivity index (χ4n) is 3.50. The number of halogens is 2. The molecule has 5 aromatic rings. The molecule has 164 valence electrons. The van der Waals surface area contributed by atoms with E-state index in [2.05, 4.69) is 41.9 Å². The van der Waals surface area contributed by atoms with Gasteiger partial charge in [0.1, 0.15) is 17.1 Å². The number of phenolic OH excluding ortho intramolecular Hbond substituents is 1. The van der Waals surface area contributed by atoms with E-state index in [0.717, 1.165) is 5.39 Å². The minimum atomic E-state index is -0.337. The number of rotatable bonds is 4. The zero-order valence-corrected chi connectivity index (χ0v) is 20.3. The average molecular weight is 569 g/mol. The van der Waals surface area contributed by atoms with Gasteiger partial charge in [0, 0.05) is 0 Å². The van der Waals surface area contributed by atoms with Crippen LogP contribution in [0.25, 0.3) is 33.5 Å². The molecule has 0 radical (unpaired) electrons. The fourth-order valence-corrected chi connectivity index (χ4v) is 4.72. The molecule has 7 nitrogen and oxygen atoms in total. The second-order valence-corrected chi connectivity index (χ2v) is 8.84. The Morgan fingerprint density at radius 2 is 1.82 bits per heavy atom. The molecular formula is C24H15Br2N3O4. The van der Waals surface area contributed by atoms with Crippen LogP contribution in [0, 0.1) is 0 Å². The van der Waals surface area contributed by atoms with Crippen LogP contribution in [0.3, 0.4) is 0 Å². The standard InChI is InChI=1S/C24H15Br2N3O4/c1-32-19-7-4-8-20-15(19)11-21(33-20)23-28-18-6-3-2-5-14(18)24(31)29(23)27-12-13-9-16(25)22(30)17(26)10-13/h2-12,30H,1H3. The van der Waals surface area contributed by atoms with E-state index in [0.29, 0.717) is 42.5 Å². The normalized spacial score (nSPS) is 11.6. The second-order valence-electron chi connectivity index (χ2n) is 7.13. The quantitative estimate of drug-likeness (QED) is 0.271. The first-order valence-electron chi connectivity index (χ1n) is 9.77. The SMILES string of the molecule is COc1cccc2oc(-c3nc4ccccc4c(=O)n3N=Cc3cc(Br)c(O)c(Br)c3)cc12. The molecule has 33 heavy (non-hydrogen) atoms. The maximum atomic E-state index is 13.4. The third-order valence-corrected chi connectivity index (χ3v) is 6.29. The smallest absolute Gasteiger partial charge is 0.282 e. The molecule has 3 aromatic carbocycles. The van der Waals surface area contributed by atoms with Crippen LogP contribution in [0.2, 0.25) is 0 Å². The number of hydrogen-bond donors (Lipinski definition) is 1. The van der Waals surface area contributed by atoms with Crippen molar-refractivity contribution >= 4 is 59.9 Å². The molecule has 9 heteroatoms. The lowest BCUT2D eigenvalue weighted by molar-refractivity contribution is 0.419. The van der Waals surface area contributed by atoms with Crippen molar-refractivity contribution in [3.05, 3.63) is 85.5 Å². The van der Waals surface area contributed by atoms with Gasteiger partial charge >= 0.3 is 0 Å². The van der Waals surface area contributed by atoms with Crippen molar-refractivity contribution in [2.75, 3.05) is 7.11 Å². The Hall–Kier alpha value is -3.43. The van der Waals surface area contributed by atoms with E-state index in [4.69, 9.17) is 9.15 Å². The van der Waals surface area contributed by atoms with E-state index in [1.54, 1.807) is 43.5 Å². The zero-order valence-electron chi connectivity index (χ0n) is 17.1. The highest BCUT2D eigenvalue weighted by Gasteiger charge is 2.18. The summed E-state index contributed by atoms with van der Waals surface area (Å²) in [5, 5.41) is 15.6. The molecule has 0 amide bonds. The molecule has 0 unspecified atom stereocenters. The van der Waals surface area contributed by atoms with Crippen molar-refractivity contribution in [3.8, 4) is 23.1 Å². The van der Waals surface area contributed by atoms with Crippen LogP contribution in [-0.2, 0) is 0 Å². The Morgan fingerprint density at radius 1 is 1.06 bits per heavy atom. The summed E-state index contributed by atoms with van der Waals surface area (Å²) in [6, 6.07) is 17.7. The van der Waals surface area contributed by atoms with Crippen molar-refractivity contribution in [3.63, 3.8) is 0 Å². The molecule has 2 heterocycles. The van der Waals surface area contributed by atoms with Crippen molar-refractivity contribution in [1.82, 2.24) is 9.66 Å². The van der Waals surface area contributed by atoms with Crippen LogP contribution >= 0.6 is 31.9 Å². The van der Waals surface area contributed by atoms with Crippen molar-refractivity contribution in [2.45, 2.75) is 0 Å². The summed E-state index contributed by atoms with van der Waals surface area (Å²) in [6.07, 6.45) is 1.51. The Labute approximate surface area is 204 Å². The maximum absolute atomic E-state index is 13.4. The first-order chi connectivity index (χ1) is 16.0. The Bertz CT molecular complexity index is 1600. The number of furan rings is 1. The van der Waals surface area contributed by atoms with Gasteiger partial charge in [0.2, 0.25) is 5.82 Å². The van der Waals surface area contributed by atoms with E-state index in [1.807, 2.05) is 24.3 Å². The minimum absolute atomic E-state index is 0.0774. The Balaban J connectivity index is 1.74. The van der Waals surface area contributed by atoms with Gasteiger partial charge < -0.3 is 14.3 Å². The van der Waals surface area contributed by atoms with Gasteiger partial charge in [-0.15, -0.1) is 0 Å². The molecule has 2 aromatic heterocycles. The number of ether oxygens (including phenoxy) is 1. The second kappa shape index (κ2) is 8.49. The molecule has 0 bridgehead atoms. The summed E-state index contributed by atoms with van der Waals surface area (Å²) in [7, 11) is 1.59. The average Bonchev–Trinajstić information content (AvgIpc) is 3.26. The van der Waals surface area contributed by atoms with E-state index >= 15 is 0 Å². The molecule has 1 N–H and O–H groups in total. The van der Waals surface area contributed by atoms with Crippen LogP contribution in [0.4, 0.5) is 0 Å². The Morgan fingerprint density at radius 3 is 2.58 bits per heavy atom. The lowest BCUT2D eigenvalue weighted by Gasteiger charge is -2.07. The number of para-hydroxylation sites is 1. The lowest BCUT2D eigenvalue weighted by atomic mass is 10.2. The lowest BCUT2D eigenvalue weighted by Crippen LogP contribution is -2.20. The first kappa shape index (κ1) is 21.4. The molecule has 0 atom stereocenters. The third-order valence-electron chi connectivity index (χ3n) is 5.08. The number of aromatic hydroxyl groups is 1. The number of aromatic nitrogens is 2. The van der Waals surface area contributed by atoms with Gasteiger partial charge in [-0.25, -0.2) is 4.98 Å². The molecule has 0 fully saturated rings. The number of phenols is 1. The summed E-state index contributed by atoms with van der Waals surface area (Å²) in [6.45, 7) is 0. The topological polar surface area (TPSA) is 89.9 Å². The van der Waals surface area contributed by atoms with Gasteiger partial charge in [0.05, 0.1) is 38.6 Å². The van der Waals surface area contributed by atoms with Crippen LogP contribution in [0.1, 0.15) is 5.56 Å². The summed E-state index contributed by atoms with van der Waals surface area (Å²) in [5.74, 6) is 1.36. The predicted octanol–water partition coefficient (Wildman–Crippen LogP) is 5.93. The number of fused-ring (bicyclic) bond motifs is 2. The van der Waals surface area contributed by atoms with E-state index in [-0.39, 0.29) is 17.1 Å². The fraction of sp³-hybridized carbons (Fsp3) is 0.0417. The van der Waals surface area contributed by atoms with Gasteiger partial charge in [-0.2, -0.15) is 9.78 Å². The van der Waals surface area contributed by atoms with Crippen LogP contribution in [0.15, 0.2) is 83.9 Å². The molecule has 0 saturated carbocycles. The number of methoxy groups -OCH3 is 1. The van der Waals surface area contributed by atoms with Crippen LogP contribution < -0.4 is 10.3 Å². The van der Waals surface area contributed by atoms with Gasteiger partial charge in [0.15, 0.2) is 5.76 Å². The summed E-state index contributed by atoms with van der Waals surface area (Å²) >= 11 is 6.61. The van der Waals surface area contributed by atoms with E-state index in [9.17, 15) is 9.90 Å². The monoisotopic (exact) mass is 567 g/mol. The predicted molar refractivity (Wildman–Crippen MR) is 134 cm³/mol. The summed E-state index contributed by atoms with van der Waals surface area (Å²) < 4.78 is 13.6. The molecular weight excluding hydrogens is 554 g/mol. The molecule has 0 aliphatic rings. The molecule has 0 aliphatic carbocycles. The van der Waals surface area contributed by atoms with E-state index in [1.165, 1.54) is 10.9 Å². The summed E-state index contributed by atoms with van der Waals surface area (Å²) in [5.41, 5.74) is 1.46. The van der Waals surface area contributed by atoms with Crippen LogP contribution in [0.5, 0.6) is 11.5 Å². The largest absolute Gasteiger partial charge is 0.506 e. The highest BCUT2D eigenvalue weighted by molar-refractivity contribution is 9.11. The van der Waals surface area contributed by atoms with Gasteiger partial charge in [-0.3, -0.25) is 4.79 Å². The number of benzene rings is 3. The van der Waals surface area contributed by atoms with Crippen LogP contribution in [-0.4, -0.2) is 28.1 Å². The number of nitrogens with zero attached hydrogens (tertiary/aromatic N) is 3. The molecule has 5 rings (SSSR count). The zero-order chi connectivity index (χ0) is 23.1. The third kappa shape index (κ3) is 3.83. The van der Waals surface area contributed by atoms with Gasteiger partial charge in [-0.1, -0.05) is 18.2 Å². The summed E-state index contributed by atoms with van der Waals surface area (Å²) in [4.78, 5) is 18.0. The highest BCUT2D eigenvalue weighted by Crippen LogP contribution is 2.34. The number of hydrogen-bond acceptors (Lipinski definition) is 6. The minimum Gasteiger partial charge on any atom is -0.506 e.